The van der Waals surface area contributed by atoms with E-state index < -0.39 is 119 Å². The van der Waals surface area contributed by atoms with E-state index in [4.69, 9.17) is 41.3 Å². The highest BCUT2D eigenvalue weighted by Crippen LogP contribution is 2.75. The van der Waals surface area contributed by atoms with Crippen LogP contribution in [0.25, 0.3) is 0 Å². The van der Waals surface area contributed by atoms with Gasteiger partial charge in [-0.25, -0.2) is 9.59 Å². The highest BCUT2D eigenvalue weighted by molar-refractivity contribution is 5.95. The minimum Gasteiger partial charge on any atom is -0.481 e. The van der Waals surface area contributed by atoms with E-state index in [9.17, 15) is 64.8 Å². The molecule has 0 aromatic carbocycles. The Hall–Kier alpha value is -3.84. The highest BCUT2D eigenvalue weighted by Gasteiger charge is 2.71. The van der Waals surface area contributed by atoms with Crippen LogP contribution in [-0.2, 0) is 42.9 Å². The number of guanidine groups is 1. The molecule has 1 unspecified atom stereocenters. The van der Waals surface area contributed by atoms with Gasteiger partial charge in [-0.3, -0.25) is 19.4 Å². The van der Waals surface area contributed by atoms with Crippen molar-refractivity contribution in [2.24, 2.45) is 72.4 Å². The zero-order chi connectivity index (χ0) is 52.4. The minimum absolute atomic E-state index is 0.0129. The Labute approximate surface area is 406 Å². The number of carbonyl (C=O) groups excluding carboxylic acids is 1. The number of nitrogens with zero attached hydrogens (tertiary/aromatic N) is 1. The molecule has 15 N–H and O–H groups in total. The van der Waals surface area contributed by atoms with Crippen molar-refractivity contribution >= 4 is 35.6 Å². The fraction of sp³-hybridized carbons (Fsp3) is 0.833. The maximum Gasteiger partial charge on any atom is 0.335 e. The van der Waals surface area contributed by atoms with Crippen molar-refractivity contribution in [1.82, 2.24) is 0 Å². The van der Waals surface area contributed by atoms with Gasteiger partial charge >= 0.3 is 23.9 Å². The maximum atomic E-state index is 14.8. The van der Waals surface area contributed by atoms with E-state index >= 15 is 0 Å². The number of nitrogens with two attached hydrogens (primary N) is 3. The number of allylic oxidation sites excluding steroid dienone is 2. The van der Waals surface area contributed by atoms with Crippen LogP contribution in [0, 0.1) is 50.2 Å². The van der Waals surface area contributed by atoms with Crippen LogP contribution in [-0.4, -0.2) is 162 Å². The molecule has 2 saturated heterocycles. The molecule has 6 fully saturated rings. The van der Waals surface area contributed by atoms with E-state index in [2.05, 4.69) is 32.7 Å². The largest absolute Gasteiger partial charge is 0.481 e. The summed E-state index contributed by atoms with van der Waals surface area (Å²) in [6, 6.07) is -0.820. The summed E-state index contributed by atoms with van der Waals surface area (Å²) in [7, 11) is 0. The maximum absolute atomic E-state index is 14.8. The standard InChI is InChI=1S/C42H62O16.C6H14N4O2/c1-37(2)21-8-11-42(7)31(20(43)16-18-19-17-39(4,36(53)54)13-12-38(19,3)14-15-41(18,42)6)40(21,5)10-9-22(37)55-35-30(26(47)25(46)29(57-35)33(51)52)58-34-27(48)23(44)24(45)28(56-34)32(49)50;7-4(5(11)12)2-1-3-10-6(8)9/h16,19,21-31,34-35,44-48H,8-15,17H2,1-7H3,(H,49,50)(H,51,52)(H,53,54);4H,1-3,7H2,(H,11,12)(H4,8,9,10)/t19-,21-,22-,23-,24-,25-,26-,27+,28-,29-,30+,31+,34-,35-,38+,39-,40-,41+,42+;/m0./s1. The summed E-state index contributed by atoms with van der Waals surface area (Å²) in [4.78, 5) is 65.2. The lowest BCUT2D eigenvalue weighted by molar-refractivity contribution is -0.371. The summed E-state index contributed by atoms with van der Waals surface area (Å²) in [6.45, 7) is 15.3. The molecular weight excluding hydrogens is 921 g/mol. The molecular formula is C48H76N4O18. The van der Waals surface area contributed by atoms with Crippen LogP contribution in [0.5, 0.6) is 0 Å². The first kappa shape index (κ1) is 55.5. The van der Waals surface area contributed by atoms with Crippen LogP contribution in [0.2, 0.25) is 0 Å². The van der Waals surface area contributed by atoms with Crippen LogP contribution in [0.15, 0.2) is 16.6 Å². The summed E-state index contributed by atoms with van der Waals surface area (Å²) in [5, 5.41) is 91.4. The summed E-state index contributed by atoms with van der Waals surface area (Å²) in [5.74, 6) is -5.46. The van der Waals surface area contributed by atoms with Crippen LogP contribution in [0.3, 0.4) is 0 Å². The molecule has 0 spiro atoms. The molecule has 0 amide bonds. The van der Waals surface area contributed by atoms with Crippen LogP contribution < -0.4 is 17.2 Å². The molecule has 22 nitrogen and oxygen atoms in total. The second-order valence-corrected chi connectivity index (χ2v) is 23.0. The second kappa shape index (κ2) is 19.9. The SMILES string of the molecule is CC1(C)[C@@H](O[C@H]2O[C@H](C(=O)O)[C@@H](O)[C@H](O)[C@H]2O[C@@H]2O[C@H](C(=O)O)[C@@H](O)[C@H](O)[C@H]2O)CC[C@]2(C)[C@H]3C(=O)C=C4[C@@H]5C[C@@](C)(C(=O)O)CC[C@]5(C)CC[C@@]4(C)[C@]3(C)CC[C@@H]12.NC(N)=NCCCC(N)C(=O)O. The molecule has 0 aromatic rings. The van der Waals surface area contributed by atoms with Gasteiger partial charge < -0.3 is 82.1 Å². The summed E-state index contributed by atoms with van der Waals surface area (Å²) < 4.78 is 23.4. The highest BCUT2D eigenvalue weighted by atomic mass is 16.8. The van der Waals surface area contributed by atoms with Gasteiger partial charge in [-0.2, -0.15) is 0 Å². The van der Waals surface area contributed by atoms with Gasteiger partial charge in [0.2, 0.25) is 0 Å². The van der Waals surface area contributed by atoms with E-state index in [1.165, 1.54) is 0 Å². The number of rotatable bonds is 12. The number of aliphatic imine (C=N–C) groups is 1. The number of aliphatic hydroxyl groups excluding tert-OH is 5. The fourth-order valence-electron chi connectivity index (χ4n) is 14.0. The predicted octanol–water partition coefficient (Wildman–Crippen LogP) is 0.698. The molecule has 0 bridgehead atoms. The van der Waals surface area contributed by atoms with Gasteiger partial charge in [0.15, 0.2) is 36.5 Å². The number of hydrogen-bond donors (Lipinski definition) is 12. The molecule has 22 heteroatoms. The molecule has 2 aliphatic heterocycles. The van der Waals surface area contributed by atoms with Gasteiger partial charge in [-0.05, 0) is 123 Å². The lowest BCUT2D eigenvalue weighted by atomic mass is 9.33. The van der Waals surface area contributed by atoms with Gasteiger partial charge in [0.05, 0.1) is 11.5 Å². The van der Waals surface area contributed by atoms with Crippen molar-refractivity contribution in [2.45, 2.75) is 193 Å². The Morgan fingerprint density at radius 2 is 1.34 bits per heavy atom. The first-order valence-electron chi connectivity index (χ1n) is 24.3. The van der Waals surface area contributed by atoms with E-state index in [1.54, 1.807) is 0 Å². The molecule has 5 aliphatic carbocycles. The van der Waals surface area contributed by atoms with E-state index in [1.807, 2.05) is 26.8 Å². The van der Waals surface area contributed by atoms with Gasteiger partial charge in [0, 0.05) is 12.5 Å². The van der Waals surface area contributed by atoms with Crippen LogP contribution in [0.1, 0.15) is 119 Å². The lowest BCUT2D eigenvalue weighted by Crippen LogP contribution is -2.68. The third-order valence-electron chi connectivity index (χ3n) is 18.5. The normalized spacial score (nSPS) is 45.6. The van der Waals surface area contributed by atoms with Crippen molar-refractivity contribution in [3.8, 4) is 0 Å². The first-order valence-corrected chi connectivity index (χ1v) is 24.3. The number of ether oxygens (including phenoxy) is 4. The molecule has 7 rings (SSSR count). The zero-order valence-corrected chi connectivity index (χ0v) is 41.1. The fourth-order valence-corrected chi connectivity index (χ4v) is 14.0. The Bertz CT molecular complexity index is 2090. The molecule has 2 heterocycles. The topological polar surface area (TPSA) is 395 Å². The second-order valence-electron chi connectivity index (χ2n) is 23.0. The van der Waals surface area contributed by atoms with Crippen molar-refractivity contribution in [3.63, 3.8) is 0 Å². The van der Waals surface area contributed by atoms with Gasteiger partial charge in [-0.15, -0.1) is 0 Å². The number of fused-ring (bicyclic) bond motifs is 7. The number of carbonyl (C=O) groups is 5. The predicted molar refractivity (Wildman–Crippen MR) is 245 cm³/mol. The third-order valence-corrected chi connectivity index (χ3v) is 18.5. The van der Waals surface area contributed by atoms with E-state index in [0.29, 0.717) is 45.1 Å². The average Bonchev–Trinajstić information content (AvgIpc) is 3.26. The first-order chi connectivity index (χ1) is 32.3. The monoisotopic (exact) mass is 997 g/mol. The van der Waals surface area contributed by atoms with Crippen LogP contribution >= 0.6 is 0 Å². The van der Waals surface area contributed by atoms with Crippen molar-refractivity contribution in [1.29, 1.82) is 0 Å². The molecule has 0 radical (unpaired) electrons. The molecule has 7 aliphatic rings. The Kier molecular flexibility index (Phi) is 15.8. The molecule has 0 aromatic heterocycles. The average molecular weight is 997 g/mol. The van der Waals surface area contributed by atoms with Crippen molar-refractivity contribution < 1.29 is 88.9 Å². The number of aliphatic hydroxyl groups is 5. The Morgan fingerprint density at radius 1 is 0.757 bits per heavy atom. The number of hydrogen-bond acceptors (Lipinski definition) is 16. The summed E-state index contributed by atoms with van der Waals surface area (Å²) >= 11 is 0. The number of ketones is 1. The third kappa shape index (κ3) is 9.61. The lowest BCUT2D eigenvalue weighted by Gasteiger charge is -2.70. The number of aliphatic carboxylic acids is 4. The van der Waals surface area contributed by atoms with Gasteiger partial charge in [0.1, 0.15) is 42.7 Å². The van der Waals surface area contributed by atoms with Crippen molar-refractivity contribution in [2.75, 3.05) is 6.54 Å². The number of carboxylic acid groups (broad SMARTS) is 4. The molecule has 20 atom stereocenters. The molecule has 396 valence electrons. The Morgan fingerprint density at radius 3 is 1.91 bits per heavy atom. The molecule has 70 heavy (non-hydrogen) atoms. The van der Waals surface area contributed by atoms with Gasteiger partial charge in [0.25, 0.3) is 0 Å². The summed E-state index contributed by atoms with van der Waals surface area (Å²) in [5.41, 5.74) is 13.5. The van der Waals surface area contributed by atoms with Gasteiger partial charge in [-0.1, -0.05) is 47.1 Å². The van der Waals surface area contributed by atoms with E-state index in [-0.39, 0.29) is 40.3 Å². The van der Waals surface area contributed by atoms with Crippen molar-refractivity contribution in [3.05, 3.63) is 11.6 Å². The summed E-state index contributed by atoms with van der Waals surface area (Å²) in [6.07, 6.45) is -11.3. The quantitative estimate of drug-likeness (QED) is 0.0554. The molecule has 4 saturated carbocycles. The minimum atomic E-state index is -2.05. The van der Waals surface area contributed by atoms with E-state index in [0.717, 1.165) is 37.7 Å². The Balaban J connectivity index is 0.000000592. The smallest absolute Gasteiger partial charge is 0.335 e. The van der Waals surface area contributed by atoms with Crippen LogP contribution in [0.4, 0.5) is 0 Å². The zero-order valence-electron chi connectivity index (χ0n) is 41.1. The number of carboxylic acids is 4.